The van der Waals surface area contributed by atoms with Gasteiger partial charge in [0.25, 0.3) is 0 Å². The van der Waals surface area contributed by atoms with Crippen molar-refractivity contribution >= 4 is 41.0 Å². The van der Waals surface area contributed by atoms with Crippen molar-refractivity contribution in [1.82, 2.24) is 10.3 Å². The van der Waals surface area contributed by atoms with Gasteiger partial charge in [0.05, 0.1) is 17.0 Å². The summed E-state index contributed by atoms with van der Waals surface area (Å²) in [5.74, 6) is -0.603. The van der Waals surface area contributed by atoms with Gasteiger partial charge in [-0.3, -0.25) is 5.43 Å². The van der Waals surface area contributed by atoms with E-state index in [1.54, 1.807) is 20.9 Å². The van der Waals surface area contributed by atoms with E-state index < -0.39 is 5.97 Å². The number of nitrogens with one attached hydrogen (secondary N) is 2. The summed E-state index contributed by atoms with van der Waals surface area (Å²) in [6.07, 6.45) is 1.25. The van der Waals surface area contributed by atoms with Gasteiger partial charge in [-0.05, 0) is 31.1 Å². The molecule has 0 amide bonds. The number of carboxylic acid groups (broad SMARTS) is 1. The zero-order valence-corrected chi connectivity index (χ0v) is 16.3. The Bertz CT molecular complexity index is 600. The summed E-state index contributed by atoms with van der Waals surface area (Å²) in [5.41, 5.74) is 4.00. The zero-order valence-electron chi connectivity index (χ0n) is 12.5. The van der Waals surface area contributed by atoms with E-state index in [4.69, 9.17) is 17.7 Å². The number of anilines is 1. The molecule has 22 heavy (non-hydrogen) atoms. The molecule has 0 aliphatic rings. The van der Waals surface area contributed by atoms with Crippen molar-refractivity contribution in [2.45, 2.75) is 13.8 Å². The fourth-order valence-electron chi connectivity index (χ4n) is 1.05. The third-order valence-electron chi connectivity index (χ3n) is 2.38. The molecular formula is C12H15N6O2SZn-. The predicted molar refractivity (Wildman–Crippen MR) is 84.9 cm³/mol. The van der Waals surface area contributed by atoms with Crippen molar-refractivity contribution in [2.24, 2.45) is 15.3 Å². The van der Waals surface area contributed by atoms with Crippen molar-refractivity contribution in [2.75, 3.05) is 12.5 Å². The van der Waals surface area contributed by atoms with Gasteiger partial charge in [-0.25, -0.2) is 9.78 Å². The second-order valence-electron chi connectivity index (χ2n) is 3.89. The first kappa shape index (κ1) is 20.1. The third kappa shape index (κ3) is 6.68. The summed E-state index contributed by atoms with van der Waals surface area (Å²) < 4.78 is 0. The second kappa shape index (κ2) is 9.91. The number of hydrazone groups is 1. The SMILES string of the molecule is CNC([S-])=NN=C(C)C(C)=NNc1ccc(C(=O)O)cn1.[Zn]. The monoisotopic (exact) mass is 371 g/mol. The number of nitrogens with zero attached hydrogens (tertiary/aromatic N) is 4. The van der Waals surface area contributed by atoms with E-state index in [0.29, 0.717) is 17.2 Å². The number of aromatic carboxylic acids is 1. The van der Waals surface area contributed by atoms with Crippen LogP contribution in [-0.2, 0) is 32.1 Å². The van der Waals surface area contributed by atoms with Gasteiger partial charge in [-0.1, -0.05) is 0 Å². The van der Waals surface area contributed by atoms with E-state index in [1.165, 1.54) is 18.3 Å². The second-order valence-corrected chi connectivity index (χ2v) is 4.27. The molecule has 8 nitrogen and oxygen atoms in total. The minimum atomic E-state index is -1.03. The number of hydrogen-bond donors (Lipinski definition) is 3. The van der Waals surface area contributed by atoms with Crippen LogP contribution in [0.3, 0.4) is 0 Å². The van der Waals surface area contributed by atoms with Crippen molar-refractivity contribution in [3.8, 4) is 0 Å². The van der Waals surface area contributed by atoms with Crippen molar-refractivity contribution in [3.63, 3.8) is 0 Å². The van der Waals surface area contributed by atoms with Crippen LogP contribution < -0.4 is 10.7 Å². The van der Waals surface area contributed by atoms with Crippen LogP contribution in [0.5, 0.6) is 0 Å². The molecule has 3 N–H and O–H groups in total. The molecule has 114 valence electrons. The molecule has 0 saturated heterocycles. The Morgan fingerprint density at radius 1 is 1.27 bits per heavy atom. The maximum atomic E-state index is 10.7. The Kier molecular flexibility index (Phi) is 9.04. The number of amidine groups is 1. The largest absolute Gasteiger partial charge is 0.741 e. The molecule has 1 aromatic rings. The van der Waals surface area contributed by atoms with Crippen molar-refractivity contribution in [1.29, 1.82) is 0 Å². The van der Waals surface area contributed by atoms with E-state index in [1.807, 2.05) is 0 Å². The molecule has 0 radical (unpaired) electrons. The number of pyridine rings is 1. The van der Waals surface area contributed by atoms with Gasteiger partial charge < -0.3 is 23.1 Å². The van der Waals surface area contributed by atoms with Gasteiger partial charge in [0.15, 0.2) is 0 Å². The molecule has 0 bridgehead atoms. The topological polar surface area (TPSA) is 111 Å². The molecule has 0 aliphatic carbocycles. The van der Waals surface area contributed by atoms with Gasteiger partial charge in [-0.15, -0.1) is 0 Å². The van der Waals surface area contributed by atoms with E-state index >= 15 is 0 Å². The zero-order chi connectivity index (χ0) is 15.8. The maximum absolute atomic E-state index is 10.7. The predicted octanol–water partition coefficient (Wildman–Crippen LogP) is 1.06. The summed E-state index contributed by atoms with van der Waals surface area (Å²) in [4.78, 5) is 14.6. The minimum Gasteiger partial charge on any atom is -0.741 e. The Morgan fingerprint density at radius 2 is 1.95 bits per heavy atom. The number of carboxylic acids is 1. The van der Waals surface area contributed by atoms with Crippen LogP contribution in [0.15, 0.2) is 33.6 Å². The Labute approximate surface area is 146 Å². The molecular weight excluding hydrogens is 358 g/mol. The Hall–Kier alpha value is -1.93. The molecule has 1 aromatic heterocycles. The van der Waals surface area contributed by atoms with E-state index in [9.17, 15) is 4.79 Å². The molecule has 1 rings (SSSR count). The molecule has 0 fully saturated rings. The molecule has 0 aliphatic heterocycles. The molecule has 0 aromatic carbocycles. The fraction of sp³-hybridized carbons (Fsp3) is 0.250. The van der Waals surface area contributed by atoms with Crippen LogP contribution in [0.4, 0.5) is 5.82 Å². The van der Waals surface area contributed by atoms with Crippen LogP contribution >= 0.6 is 0 Å². The first-order chi connectivity index (χ1) is 9.93. The number of carbonyl (C=O) groups is 1. The van der Waals surface area contributed by atoms with Crippen LogP contribution in [0.2, 0.25) is 0 Å². The standard InChI is InChI=1S/C12H16N6O2S.Zn/c1-7(8(2)16-18-12(21)13-3)15-17-10-5-4-9(6-14-10)11(19)20;/h4-6H,1-3H3,(H,14,17)(H,19,20)(H2,13,18,21);/p-1. The first-order valence-corrected chi connectivity index (χ1v) is 6.32. The van der Waals surface area contributed by atoms with Crippen molar-refractivity contribution in [3.05, 3.63) is 23.9 Å². The first-order valence-electron chi connectivity index (χ1n) is 5.91. The van der Waals surface area contributed by atoms with Crippen LogP contribution in [-0.4, -0.2) is 39.7 Å². The molecule has 0 spiro atoms. The van der Waals surface area contributed by atoms with E-state index in [-0.39, 0.29) is 30.2 Å². The summed E-state index contributed by atoms with van der Waals surface area (Å²) in [6.45, 7) is 3.48. The smallest absolute Gasteiger partial charge is 0.337 e. The Morgan fingerprint density at radius 3 is 2.45 bits per heavy atom. The molecule has 0 atom stereocenters. The summed E-state index contributed by atoms with van der Waals surface area (Å²) >= 11 is 4.84. The summed E-state index contributed by atoms with van der Waals surface area (Å²) in [6, 6.07) is 2.96. The summed E-state index contributed by atoms with van der Waals surface area (Å²) in [7, 11) is 1.66. The van der Waals surface area contributed by atoms with E-state index in [2.05, 4.69) is 31.0 Å². The van der Waals surface area contributed by atoms with Gasteiger partial charge in [0, 0.05) is 32.7 Å². The quantitative estimate of drug-likeness (QED) is 0.234. The van der Waals surface area contributed by atoms with Crippen LogP contribution in [0.1, 0.15) is 24.2 Å². The Balaban J connectivity index is 0.00000441. The number of rotatable bonds is 5. The molecule has 0 saturated carbocycles. The number of hydrogen-bond acceptors (Lipinski definition) is 7. The minimum absolute atomic E-state index is 0. The van der Waals surface area contributed by atoms with E-state index in [0.717, 1.165) is 0 Å². The maximum Gasteiger partial charge on any atom is 0.337 e. The average Bonchev–Trinajstić information content (AvgIpc) is 2.50. The summed E-state index contributed by atoms with van der Waals surface area (Å²) in [5, 5.41) is 23.5. The molecule has 0 unspecified atom stereocenters. The van der Waals surface area contributed by atoms with Gasteiger partial charge in [0.2, 0.25) is 0 Å². The van der Waals surface area contributed by atoms with Crippen LogP contribution in [0.25, 0.3) is 0 Å². The molecule has 10 heteroatoms. The van der Waals surface area contributed by atoms with Gasteiger partial charge in [0.1, 0.15) is 5.82 Å². The normalized spacial score (nSPS) is 12.4. The van der Waals surface area contributed by atoms with Gasteiger partial charge in [-0.2, -0.15) is 15.3 Å². The number of aromatic nitrogens is 1. The third-order valence-corrected chi connectivity index (χ3v) is 2.66. The molecule has 1 heterocycles. The van der Waals surface area contributed by atoms with Gasteiger partial charge >= 0.3 is 5.97 Å². The fourth-order valence-corrected chi connectivity index (χ4v) is 1.09. The average molecular weight is 373 g/mol. The van der Waals surface area contributed by atoms with Crippen molar-refractivity contribution < 1.29 is 29.4 Å². The van der Waals surface area contributed by atoms with Crippen LogP contribution in [0, 0.1) is 0 Å².